The monoisotopic (exact) mass is 566 g/mol. The van der Waals surface area contributed by atoms with Gasteiger partial charge in [0.15, 0.2) is 0 Å². The van der Waals surface area contributed by atoms with Crippen molar-refractivity contribution in [2.45, 2.75) is 67.0 Å². The Kier molecular flexibility index (Phi) is 15.7. The van der Waals surface area contributed by atoms with Crippen LogP contribution >= 0.6 is 12.2 Å². The number of carboxylic acids is 1. The molecule has 0 aliphatic rings. The van der Waals surface area contributed by atoms with Crippen LogP contribution in [0.15, 0.2) is 61.1 Å². The van der Waals surface area contributed by atoms with Gasteiger partial charge in [0.25, 0.3) is 0 Å². The topological polar surface area (TPSA) is 87.5 Å². The third-order valence-corrected chi connectivity index (χ3v) is 6.25. The second-order valence-corrected chi connectivity index (χ2v) is 10.5. The fraction of sp³-hybridized carbons (Fsp3) is 0.438. The summed E-state index contributed by atoms with van der Waals surface area (Å²) in [7, 11) is 3.96. The molecule has 218 valence electrons. The van der Waals surface area contributed by atoms with E-state index in [1.54, 1.807) is 6.20 Å². The molecule has 7 nitrogen and oxygen atoms in total. The van der Waals surface area contributed by atoms with Gasteiger partial charge in [-0.05, 0) is 74.7 Å². The minimum atomic E-state index is -0.930. The molecule has 0 saturated carbocycles. The maximum Gasteiger partial charge on any atom is 0.305 e. The van der Waals surface area contributed by atoms with Gasteiger partial charge in [-0.2, -0.15) is 0 Å². The summed E-state index contributed by atoms with van der Waals surface area (Å²) >= 11 is 5.40. The molecule has 0 radical (unpaired) electrons. The van der Waals surface area contributed by atoms with Crippen molar-refractivity contribution in [1.29, 1.82) is 0 Å². The molecule has 0 bridgehead atoms. The number of hydrogen-bond acceptors (Lipinski definition) is 5. The van der Waals surface area contributed by atoms with Gasteiger partial charge in [-0.1, -0.05) is 70.2 Å². The van der Waals surface area contributed by atoms with Gasteiger partial charge in [0, 0.05) is 37.2 Å². The number of benzene rings is 1. The van der Waals surface area contributed by atoms with Gasteiger partial charge in [-0.25, -0.2) is 0 Å². The van der Waals surface area contributed by atoms with Gasteiger partial charge in [-0.3, -0.25) is 14.6 Å². The zero-order chi connectivity index (χ0) is 30.2. The highest BCUT2D eigenvalue weighted by Gasteiger charge is 2.22. The first-order valence-corrected chi connectivity index (χ1v) is 14.2. The van der Waals surface area contributed by atoms with Crippen molar-refractivity contribution in [3.63, 3.8) is 0 Å². The molecule has 0 aliphatic heterocycles. The maximum atomic E-state index is 12.6. The minimum Gasteiger partial charge on any atom is -0.481 e. The van der Waals surface area contributed by atoms with Crippen molar-refractivity contribution >= 4 is 24.1 Å². The van der Waals surface area contributed by atoms with Crippen LogP contribution in [-0.2, 0) is 16.1 Å². The van der Waals surface area contributed by atoms with Crippen molar-refractivity contribution in [2.24, 2.45) is 5.92 Å². The zero-order valence-corrected chi connectivity index (χ0v) is 26.1. The smallest absolute Gasteiger partial charge is 0.305 e. The predicted octanol–water partition coefficient (Wildman–Crippen LogP) is 6.85. The number of aromatic nitrogens is 2. The molecule has 3 rings (SSSR count). The van der Waals surface area contributed by atoms with Crippen LogP contribution in [0.1, 0.15) is 63.3 Å². The summed E-state index contributed by atoms with van der Waals surface area (Å²) in [5, 5.41) is 11.4. The fourth-order valence-electron chi connectivity index (χ4n) is 4.24. The molecule has 40 heavy (non-hydrogen) atoms. The van der Waals surface area contributed by atoms with Crippen LogP contribution in [0.5, 0.6) is 0 Å². The minimum absolute atomic E-state index is 0.0911. The van der Waals surface area contributed by atoms with E-state index in [4.69, 9.17) is 17.3 Å². The molecule has 2 heterocycles. The molecule has 1 aromatic carbocycles. The van der Waals surface area contributed by atoms with Crippen LogP contribution in [0.4, 0.5) is 0 Å². The normalized spacial score (nSPS) is 11.2. The molecule has 2 aromatic heterocycles. The largest absolute Gasteiger partial charge is 0.481 e. The van der Waals surface area contributed by atoms with E-state index in [1.165, 1.54) is 22.3 Å². The van der Waals surface area contributed by atoms with E-state index in [2.05, 4.69) is 48.4 Å². The summed E-state index contributed by atoms with van der Waals surface area (Å²) in [4.78, 5) is 29.4. The van der Waals surface area contributed by atoms with E-state index in [9.17, 15) is 9.59 Å². The first-order chi connectivity index (χ1) is 19.0. The van der Waals surface area contributed by atoms with Gasteiger partial charge in [0.05, 0.1) is 6.42 Å². The summed E-state index contributed by atoms with van der Waals surface area (Å²) in [5.74, 6) is -0.817. The highest BCUT2D eigenvalue weighted by molar-refractivity contribution is 7.71. The molecule has 1 unspecified atom stereocenters. The van der Waals surface area contributed by atoms with Crippen molar-refractivity contribution < 1.29 is 14.7 Å². The molecule has 8 heteroatoms. The average molecular weight is 567 g/mol. The summed E-state index contributed by atoms with van der Waals surface area (Å²) in [6, 6.07) is 13.8. The van der Waals surface area contributed by atoms with E-state index in [0.717, 1.165) is 12.1 Å². The lowest BCUT2D eigenvalue weighted by Crippen LogP contribution is -2.35. The van der Waals surface area contributed by atoms with Gasteiger partial charge in [0.2, 0.25) is 5.91 Å². The number of pyridine rings is 2. The Balaban J connectivity index is 0.000000421. The number of nitrogens with one attached hydrogen (secondary N) is 1. The van der Waals surface area contributed by atoms with Crippen LogP contribution in [0.2, 0.25) is 0 Å². The molecule has 0 spiro atoms. The van der Waals surface area contributed by atoms with Crippen LogP contribution in [-0.4, -0.2) is 52.1 Å². The molecule has 0 saturated heterocycles. The van der Waals surface area contributed by atoms with Crippen molar-refractivity contribution in [3.05, 3.63) is 82.4 Å². The van der Waals surface area contributed by atoms with Crippen LogP contribution in [0.3, 0.4) is 0 Å². The number of aryl methyl sites for hydroxylation is 2. The number of carbonyl (C=O) groups is 2. The summed E-state index contributed by atoms with van der Waals surface area (Å²) in [5.41, 5.74) is 6.18. The van der Waals surface area contributed by atoms with E-state index in [1.807, 2.05) is 81.9 Å². The number of rotatable bonds is 10. The summed E-state index contributed by atoms with van der Waals surface area (Å²) < 4.78 is 2.42. The van der Waals surface area contributed by atoms with Crippen molar-refractivity contribution in [2.75, 3.05) is 20.6 Å². The van der Waals surface area contributed by atoms with Crippen molar-refractivity contribution in [1.82, 2.24) is 19.8 Å². The fourth-order valence-corrected chi connectivity index (χ4v) is 4.48. The summed E-state index contributed by atoms with van der Waals surface area (Å²) in [6.45, 7) is 13.2. The molecule has 0 fully saturated rings. The molecular formula is C32H46N4O3S. The average Bonchev–Trinajstić information content (AvgIpc) is 2.90. The van der Waals surface area contributed by atoms with Crippen molar-refractivity contribution in [3.8, 4) is 11.1 Å². The lowest BCUT2D eigenvalue weighted by atomic mass is 9.97. The Morgan fingerprint density at radius 2 is 1.70 bits per heavy atom. The number of nitrogens with zero attached hydrogens (tertiary/aromatic N) is 3. The lowest BCUT2D eigenvalue weighted by Gasteiger charge is -2.23. The van der Waals surface area contributed by atoms with Crippen LogP contribution in [0, 0.1) is 24.4 Å². The standard InChI is InChI=1S/C17H27N3O3S.C13H13N.C2H6/c1-12(2)9-14(17(23)18-8-7-16(21)22)20-11-13(10-19(3)4)5-6-15(20)24;1-10-5-3-6-11(2)13(10)12-7-4-8-14-9-12;1-2/h5-6,11-12,14H,7-10H2,1-4H3,(H,18,23)(H,21,22);3-9H,1-2H3;1-2H3. The molecule has 1 amide bonds. The van der Waals surface area contributed by atoms with Gasteiger partial charge < -0.3 is 19.9 Å². The van der Waals surface area contributed by atoms with Gasteiger partial charge in [-0.15, -0.1) is 0 Å². The summed E-state index contributed by atoms with van der Waals surface area (Å²) in [6.07, 6.45) is 6.18. The second-order valence-electron chi connectivity index (χ2n) is 10.1. The number of hydrogen-bond donors (Lipinski definition) is 2. The molecular weight excluding hydrogens is 520 g/mol. The Bertz CT molecular complexity index is 1240. The quantitative estimate of drug-likeness (QED) is 0.261. The number of amides is 1. The Morgan fingerprint density at radius 1 is 1.05 bits per heavy atom. The van der Waals surface area contributed by atoms with Gasteiger partial charge >= 0.3 is 5.97 Å². The Morgan fingerprint density at radius 3 is 2.23 bits per heavy atom. The maximum absolute atomic E-state index is 12.6. The molecule has 3 aromatic rings. The number of aliphatic carboxylic acids is 1. The highest BCUT2D eigenvalue weighted by atomic mass is 32.1. The highest BCUT2D eigenvalue weighted by Crippen LogP contribution is 2.25. The Labute approximate surface area is 245 Å². The zero-order valence-electron chi connectivity index (χ0n) is 25.3. The first kappa shape index (κ1) is 34.7. The SMILES string of the molecule is CC.CC(C)CC(C(=O)NCCC(=O)O)n1cc(CN(C)C)ccc1=S.Cc1cccc(C)c1-c1cccnc1. The molecule has 2 N–H and O–H groups in total. The lowest BCUT2D eigenvalue weighted by molar-refractivity contribution is -0.137. The predicted molar refractivity (Wildman–Crippen MR) is 167 cm³/mol. The van der Waals surface area contributed by atoms with E-state index >= 15 is 0 Å². The third-order valence-electron chi connectivity index (χ3n) is 5.90. The molecule has 0 aliphatic carbocycles. The van der Waals surface area contributed by atoms with E-state index in [-0.39, 0.29) is 18.9 Å². The first-order valence-electron chi connectivity index (χ1n) is 13.8. The molecule has 1 atom stereocenters. The van der Waals surface area contributed by atoms with E-state index in [0.29, 0.717) is 17.0 Å². The number of carboxylic acid groups (broad SMARTS) is 1. The third kappa shape index (κ3) is 11.8. The van der Waals surface area contributed by atoms with Crippen LogP contribution in [0.25, 0.3) is 11.1 Å². The van der Waals surface area contributed by atoms with E-state index < -0.39 is 12.0 Å². The van der Waals surface area contributed by atoms with Gasteiger partial charge in [0.1, 0.15) is 10.7 Å². The second kappa shape index (κ2) is 18.1. The Hall–Kier alpha value is -3.36. The van der Waals surface area contributed by atoms with Crippen LogP contribution < -0.4 is 5.32 Å². The number of carbonyl (C=O) groups excluding carboxylic acids is 1.